The summed E-state index contributed by atoms with van der Waals surface area (Å²) in [7, 11) is 7.31. The van der Waals surface area contributed by atoms with E-state index >= 15 is 0 Å². The molecule has 1 aliphatic rings. The maximum absolute atomic E-state index is 6.00. The van der Waals surface area contributed by atoms with E-state index in [1.807, 2.05) is 61.9 Å². The summed E-state index contributed by atoms with van der Waals surface area (Å²) >= 11 is 1.60. The zero-order chi connectivity index (χ0) is 25.1. The van der Waals surface area contributed by atoms with E-state index < -0.39 is 0 Å². The second kappa shape index (κ2) is 11.6. The number of aromatic nitrogens is 1. The van der Waals surface area contributed by atoms with Gasteiger partial charge in [0.15, 0.2) is 18.1 Å². The van der Waals surface area contributed by atoms with E-state index in [-0.39, 0.29) is 19.0 Å². The summed E-state index contributed by atoms with van der Waals surface area (Å²) in [5.74, 6) is 8.20. The molecule has 2 heterocycles. The van der Waals surface area contributed by atoms with Gasteiger partial charge in [-0.2, -0.15) is 0 Å². The molecule has 192 valence electrons. The Balaban J connectivity index is 0.00000320. The normalized spacial score (nSPS) is 12.5. The number of H-pyrrole nitrogens is 1. The van der Waals surface area contributed by atoms with E-state index in [0.717, 1.165) is 56.2 Å². The molecule has 7 nitrogen and oxygen atoms in total. The molecule has 5 rings (SSSR count). The molecule has 1 N–H and O–H groups in total. The lowest BCUT2D eigenvalue weighted by Gasteiger charge is -2.12. The van der Waals surface area contributed by atoms with Gasteiger partial charge in [0.05, 0.1) is 24.8 Å². The number of ether oxygens (including phenoxy) is 3. The van der Waals surface area contributed by atoms with Crippen molar-refractivity contribution in [1.29, 1.82) is 0 Å². The van der Waals surface area contributed by atoms with Crippen LogP contribution in [-0.4, -0.2) is 63.7 Å². The summed E-state index contributed by atoms with van der Waals surface area (Å²) in [4.78, 5) is 12.3. The largest absolute Gasteiger partial charge is 0.493 e. The second-order valence-corrected chi connectivity index (χ2v) is 9.43. The number of methoxy groups -OCH3 is 2. The molecule has 0 atom stereocenters. The topological polar surface area (TPSA) is 68.3 Å². The highest BCUT2D eigenvalue weighted by Crippen LogP contribution is 2.45. The molecular formula is C28H28ClN3O4S. The van der Waals surface area contributed by atoms with E-state index in [4.69, 9.17) is 19.0 Å². The molecule has 4 aromatic rings. The van der Waals surface area contributed by atoms with Crippen LogP contribution in [0.4, 0.5) is 0 Å². The fourth-order valence-corrected chi connectivity index (χ4v) is 4.76. The smallest absolute Gasteiger partial charge is 0.177 e. The summed E-state index contributed by atoms with van der Waals surface area (Å²) in [5.41, 5.74) is 5.50. The van der Waals surface area contributed by atoms with Gasteiger partial charge in [0, 0.05) is 34.1 Å². The van der Waals surface area contributed by atoms with Gasteiger partial charge in [-0.05, 0) is 55.9 Å². The standard InChI is InChI=1S/C28H27N3O4S.ClH/c1-31(2)11-13-34-18-9-10-23-22(15-18)26-27(29-23)20-16-24(32-3)25(33-4)17-21(20)28(26)30-35-12-5-7-19-8-6-14-36-19;/h6,8-10,14-17,29H,11-13H2,1-4H3;1H. The van der Waals surface area contributed by atoms with Crippen LogP contribution in [0.15, 0.2) is 53.0 Å². The highest BCUT2D eigenvalue weighted by atomic mass is 35.5. The van der Waals surface area contributed by atoms with Crippen LogP contribution in [0.5, 0.6) is 17.2 Å². The number of fused-ring (bicyclic) bond motifs is 5. The number of benzene rings is 2. The summed E-state index contributed by atoms with van der Waals surface area (Å²) in [6.07, 6.45) is 0. The van der Waals surface area contributed by atoms with E-state index in [1.165, 1.54) is 0 Å². The monoisotopic (exact) mass is 537 g/mol. The van der Waals surface area contributed by atoms with Crippen molar-refractivity contribution in [2.24, 2.45) is 5.16 Å². The molecule has 0 radical (unpaired) electrons. The molecule has 0 aliphatic heterocycles. The Hall–Kier alpha value is -3.64. The molecule has 2 aromatic heterocycles. The summed E-state index contributed by atoms with van der Waals surface area (Å²) < 4.78 is 17.1. The number of thiophene rings is 1. The molecule has 9 heteroatoms. The van der Waals surface area contributed by atoms with E-state index in [9.17, 15) is 0 Å². The Bertz CT molecular complexity index is 1480. The summed E-state index contributed by atoms with van der Waals surface area (Å²) in [5, 5.41) is 7.55. The maximum atomic E-state index is 6.00. The number of aromatic amines is 1. The second-order valence-electron chi connectivity index (χ2n) is 8.48. The van der Waals surface area contributed by atoms with Gasteiger partial charge in [0.1, 0.15) is 18.1 Å². The minimum absolute atomic E-state index is 0. The third-order valence-corrected chi connectivity index (χ3v) is 6.67. The maximum Gasteiger partial charge on any atom is 0.177 e. The van der Waals surface area contributed by atoms with E-state index in [0.29, 0.717) is 18.1 Å². The number of oxime groups is 1. The molecule has 0 fully saturated rings. The molecular weight excluding hydrogens is 510 g/mol. The van der Waals surface area contributed by atoms with Gasteiger partial charge in [-0.3, -0.25) is 0 Å². The number of nitrogens with one attached hydrogen (secondary N) is 1. The van der Waals surface area contributed by atoms with Crippen LogP contribution in [0.2, 0.25) is 0 Å². The first kappa shape index (κ1) is 26.4. The van der Waals surface area contributed by atoms with Crippen molar-refractivity contribution in [2.45, 2.75) is 0 Å². The van der Waals surface area contributed by atoms with Crippen molar-refractivity contribution in [2.75, 3.05) is 48.1 Å². The van der Waals surface area contributed by atoms with E-state index in [1.54, 1.807) is 25.6 Å². The van der Waals surface area contributed by atoms with Crippen molar-refractivity contribution < 1.29 is 19.0 Å². The van der Waals surface area contributed by atoms with Crippen molar-refractivity contribution in [3.05, 3.63) is 63.8 Å². The highest BCUT2D eigenvalue weighted by molar-refractivity contribution is 7.10. The lowest BCUT2D eigenvalue weighted by molar-refractivity contribution is 0.180. The first-order valence-corrected chi connectivity index (χ1v) is 12.4. The fraction of sp³-hybridized carbons (Fsp3) is 0.250. The van der Waals surface area contributed by atoms with Crippen LogP contribution in [-0.2, 0) is 4.84 Å². The van der Waals surface area contributed by atoms with Crippen LogP contribution in [0.3, 0.4) is 0 Å². The Morgan fingerprint density at radius 1 is 1.03 bits per heavy atom. The number of likely N-dealkylation sites (N-methyl/N-ethyl adjacent to an activating group) is 1. The fourth-order valence-electron chi connectivity index (χ4n) is 4.17. The van der Waals surface area contributed by atoms with Gasteiger partial charge in [-0.25, -0.2) is 0 Å². The number of hydrogen-bond acceptors (Lipinski definition) is 7. The quantitative estimate of drug-likeness (QED) is 0.163. The predicted octanol–water partition coefficient (Wildman–Crippen LogP) is 5.41. The zero-order valence-corrected chi connectivity index (χ0v) is 22.7. The van der Waals surface area contributed by atoms with Gasteiger partial charge in [0.2, 0.25) is 0 Å². The molecule has 0 bridgehead atoms. The summed E-state index contributed by atoms with van der Waals surface area (Å²) in [6, 6.07) is 13.9. The molecule has 2 aromatic carbocycles. The molecule has 0 saturated heterocycles. The van der Waals surface area contributed by atoms with Crippen LogP contribution >= 0.6 is 23.7 Å². The van der Waals surface area contributed by atoms with Crippen molar-refractivity contribution >= 4 is 40.4 Å². The van der Waals surface area contributed by atoms with Gasteiger partial charge in [0.25, 0.3) is 0 Å². The number of rotatable bonds is 8. The highest BCUT2D eigenvalue weighted by Gasteiger charge is 2.32. The molecule has 1 aliphatic carbocycles. The number of nitrogens with zero attached hydrogens (tertiary/aromatic N) is 2. The van der Waals surface area contributed by atoms with Crippen LogP contribution in [0, 0.1) is 11.8 Å². The van der Waals surface area contributed by atoms with Gasteiger partial charge < -0.3 is 28.9 Å². The third kappa shape index (κ3) is 5.39. The first-order valence-electron chi connectivity index (χ1n) is 11.5. The SMILES string of the molecule is COc1cc2c(cc1OC)-c1[nH]c3ccc(OCCN(C)C)cc3c1C2=NOCC#Cc1cccs1.Cl. The lowest BCUT2D eigenvalue weighted by Crippen LogP contribution is -2.19. The van der Waals surface area contributed by atoms with Crippen molar-refractivity contribution in [1.82, 2.24) is 9.88 Å². The van der Waals surface area contributed by atoms with Gasteiger partial charge in [-0.1, -0.05) is 23.1 Å². The van der Waals surface area contributed by atoms with Crippen molar-refractivity contribution in [3.8, 4) is 40.3 Å². The van der Waals surface area contributed by atoms with Crippen LogP contribution < -0.4 is 14.2 Å². The predicted molar refractivity (Wildman–Crippen MR) is 151 cm³/mol. The molecule has 0 amide bonds. The first-order chi connectivity index (χ1) is 17.6. The Kier molecular flexibility index (Phi) is 8.29. The van der Waals surface area contributed by atoms with Crippen LogP contribution in [0.25, 0.3) is 22.2 Å². The average Bonchev–Trinajstić information content (AvgIpc) is 3.59. The van der Waals surface area contributed by atoms with Crippen LogP contribution in [0.1, 0.15) is 16.0 Å². The Labute approximate surface area is 226 Å². The molecule has 0 saturated carbocycles. The minimum Gasteiger partial charge on any atom is -0.493 e. The average molecular weight is 538 g/mol. The molecule has 37 heavy (non-hydrogen) atoms. The molecule has 0 unspecified atom stereocenters. The minimum atomic E-state index is 0. The number of hydrogen-bond donors (Lipinski definition) is 1. The van der Waals surface area contributed by atoms with Gasteiger partial charge >= 0.3 is 0 Å². The summed E-state index contributed by atoms with van der Waals surface area (Å²) in [6.45, 7) is 1.62. The van der Waals surface area contributed by atoms with Crippen molar-refractivity contribution in [3.63, 3.8) is 0 Å². The van der Waals surface area contributed by atoms with E-state index in [2.05, 4.69) is 26.9 Å². The number of halogens is 1. The third-order valence-electron chi connectivity index (χ3n) is 5.89. The zero-order valence-electron chi connectivity index (χ0n) is 21.1. The Morgan fingerprint density at radius 3 is 2.51 bits per heavy atom. The lowest BCUT2D eigenvalue weighted by atomic mass is 10.1. The molecule has 0 spiro atoms. The van der Waals surface area contributed by atoms with Gasteiger partial charge in [-0.15, -0.1) is 23.7 Å². The Morgan fingerprint density at radius 2 is 1.81 bits per heavy atom.